The number of nitrogens with one attached hydrogen (secondary N) is 1. The molecule has 1 N–H and O–H groups in total. The Morgan fingerprint density at radius 2 is 2.15 bits per heavy atom. The Morgan fingerprint density at radius 3 is 2.78 bits per heavy atom. The normalized spacial score (nSPS) is 11.6. The van der Waals surface area contributed by atoms with Crippen LogP contribution in [0, 0.1) is 5.82 Å². The van der Waals surface area contributed by atoms with Gasteiger partial charge in [-0.3, -0.25) is 10.2 Å². The van der Waals surface area contributed by atoms with Crippen molar-refractivity contribution in [1.29, 1.82) is 0 Å². The number of esters is 1. The van der Waals surface area contributed by atoms with Crippen LogP contribution in [-0.2, 0) is 22.1 Å². The Balaban J connectivity index is 2.12. The van der Waals surface area contributed by atoms with Gasteiger partial charge in [-0.1, -0.05) is 0 Å². The van der Waals surface area contributed by atoms with Crippen LogP contribution < -0.4 is 10.2 Å². The molecule has 0 saturated heterocycles. The van der Waals surface area contributed by atoms with Crippen molar-refractivity contribution in [2.24, 2.45) is 5.10 Å². The number of halogens is 4. The number of carbonyl (C=O) groups excluding carboxylic acids is 1. The van der Waals surface area contributed by atoms with Crippen LogP contribution in [0.2, 0.25) is 0 Å². The van der Waals surface area contributed by atoms with Crippen LogP contribution in [-0.4, -0.2) is 30.9 Å². The Labute approximate surface area is 155 Å². The summed E-state index contributed by atoms with van der Waals surface area (Å²) in [7, 11) is 1.20. The first-order chi connectivity index (χ1) is 12.7. The molecule has 0 unspecified atom stereocenters. The van der Waals surface area contributed by atoms with E-state index < -0.39 is 23.5 Å². The van der Waals surface area contributed by atoms with E-state index in [9.17, 15) is 22.4 Å². The van der Waals surface area contributed by atoms with Gasteiger partial charge in [0.05, 0.1) is 37.6 Å². The van der Waals surface area contributed by atoms with E-state index in [0.29, 0.717) is 23.0 Å². The van der Waals surface area contributed by atoms with Crippen LogP contribution >= 0.6 is 11.3 Å². The fourth-order valence-electron chi connectivity index (χ4n) is 2.02. The topological polar surface area (TPSA) is 72.8 Å². The van der Waals surface area contributed by atoms with Crippen molar-refractivity contribution in [2.45, 2.75) is 19.5 Å². The maximum Gasteiger partial charge on any atom is 0.419 e. The van der Waals surface area contributed by atoms with Crippen molar-refractivity contribution in [3.63, 3.8) is 0 Å². The number of alkyl halides is 3. The van der Waals surface area contributed by atoms with Gasteiger partial charge in [0.2, 0.25) is 5.13 Å². The molecule has 1 heterocycles. The van der Waals surface area contributed by atoms with E-state index in [2.05, 4.69) is 15.5 Å². The van der Waals surface area contributed by atoms with E-state index >= 15 is 0 Å². The zero-order valence-corrected chi connectivity index (χ0v) is 15.1. The van der Waals surface area contributed by atoms with Crippen LogP contribution in [0.1, 0.15) is 23.7 Å². The van der Waals surface area contributed by atoms with Crippen molar-refractivity contribution in [2.75, 3.05) is 19.1 Å². The van der Waals surface area contributed by atoms with Crippen LogP contribution in [0.4, 0.5) is 22.7 Å². The maximum absolute atomic E-state index is 13.6. The number of methoxy groups -OCH3 is 1. The zero-order chi connectivity index (χ0) is 20.0. The molecule has 0 amide bonds. The second-order valence-corrected chi connectivity index (χ2v) is 5.93. The number of hydrogen-bond donors (Lipinski definition) is 1. The van der Waals surface area contributed by atoms with Gasteiger partial charge in [0.15, 0.2) is 0 Å². The smallest absolute Gasteiger partial charge is 0.419 e. The lowest BCUT2D eigenvalue weighted by molar-refractivity contribution is -0.142. The van der Waals surface area contributed by atoms with Crippen molar-refractivity contribution >= 4 is 28.7 Å². The average Bonchev–Trinajstić information content (AvgIpc) is 3.02. The third kappa shape index (κ3) is 5.64. The standard InChI is InChI=1S/C16H15F4N3O3S/c1-3-26-14(24)5-10-8-27-15(22-10)23-21-7-9-4-11(16(18,19)20)12(17)6-13(9)25-2/h4,6-8H,3,5H2,1-2H3,(H,22,23). The first-order valence-electron chi connectivity index (χ1n) is 7.58. The molecule has 0 bridgehead atoms. The summed E-state index contributed by atoms with van der Waals surface area (Å²) in [5.74, 6) is -1.96. The molecule has 2 aromatic rings. The van der Waals surface area contributed by atoms with E-state index in [1.807, 2.05) is 0 Å². The molecule has 2 rings (SSSR count). The summed E-state index contributed by atoms with van der Waals surface area (Å²) >= 11 is 1.15. The van der Waals surface area contributed by atoms with Gasteiger partial charge in [-0.25, -0.2) is 9.37 Å². The second kappa shape index (κ2) is 8.80. The summed E-state index contributed by atoms with van der Waals surface area (Å²) in [5, 5.41) is 5.73. The molecule has 146 valence electrons. The Kier molecular flexibility index (Phi) is 6.72. The van der Waals surface area contributed by atoms with E-state index in [4.69, 9.17) is 9.47 Å². The van der Waals surface area contributed by atoms with Crippen molar-refractivity contribution in [3.8, 4) is 5.75 Å². The van der Waals surface area contributed by atoms with Crippen molar-refractivity contribution in [3.05, 3.63) is 40.2 Å². The van der Waals surface area contributed by atoms with E-state index in [1.54, 1.807) is 12.3 Å². The number of nitrogens with zero attached hydrogens (tertiary/aromatic N) is 2. The molecular formula is C16H15F4N3O3S. The number of hydrazone groups is 1. The Hall–Kier alpha value is -2.69. The Morgan fingerprint density at radius 1 is 1.41 bits per heavy atom. The highest BCUT2D eigenvalue weighted by Crippen LogP contribution is 2.34. The number of carbonyl (C=O) groups is 1. The van der Waals surface area contributed by atoms with Crippen LogP contribution in [0.3, 0.4) is 0 Å². The number of aromatic nitrogens is 1. The zero-order valence-electron chi connectivity index (χ0n) is 14.3. The predicted octanol–water partition coefficient (Wildman–Crippen LogP) is 3.86. The molecule has 11 heteroatoms. The van der Waals surface area contributed by atoms with Gasteiger partial charge < -0.3 is 9.47 Å². The third-order valence-electron chi connectivity index (χ3n) is 3.17. The number of anilines is 1. The average molecular weight is 405 g/mol. The lowest BCUT2D eigenvalue weighted by Crippen LogP contribution is -2.10. The first-order valence-corrected chi connectivity index (χ1v) is 8.46. The lowest BCUT2D eigenvalue weighted by Gasteiger charge is -2.11. The molecule has 0 aliphatic rings. The molecular weight excluding hydrogens is 390 g/mol. The second-order valence-electron chi connectivity index (χ2n) is 5.07. The number of thiazole rings is 1. The van der Waals surface area contributed by atoms with Gasteiger partial charge in [0, 0.05) is 17.0 Å². The number of ether oxygens (including phenoxy) is 2. The Bertz CT molecular complexity index is 837. The summed E-state index contributed by atoms with van der Waals surface area (Å²) in [4.78, 5) is 15.5. The van der Waals surface area contributed by atoms with Gasteiger partial charge in [-0.2, -0.15) is 18.3 Å². The van der Waals surface area contributed by atoms with E-state index in [1.165, 1.54) is 7.11 Å². The van der Waals surface area contributed by atoms with Crippen LogP contribution in [0.5, 0.6) is 5.75 Å². The summed E-state index contributed by atoms with van der Waals surface area (Å²) in [6, 6.07) is 1.25. The SMILES string of the molecule is CCOC(=O)Cc1csc(NN=Cc2cc(C(F)(F)F)c(F)cc2OC)n1. The molecule has 0 atom stereocenters. The monoisotopic (exact) mass is 405 g/mol. The maximum atomic E-state index is 13.6. The van der Waals surface area contributed by atoms with E-state index in [0.717, 1.165) is 17.6 Å². The molecule has 0 saturated carbocycles. The first kappa shape index (κ1) is 20.6. The molecule has 6 nitrogen and oxygen atoms in total. The molecule has 0 aliphatic carbocycles. The summed E-state index contributed by atoms with van der Waals surface area (Å²) in [6.45, 7) is 1.95. The fraction of sp³-hybridized carbons (Fsp3) is 0.312. The van der Waals surface area contributed by atoms with Gasteiger partial charge in [-0.05, 0) is 13.0 Å². The van der Waals surface area contributed by atoms with Crippen LogP contribution in [0.15, 0.2) is 22.6 Å². The summed E-state index contributed by atoms with van der Waals surface area (Å²) in [6.07, 6.45) is -3.79. The number of benzene rings is 1. The molecule has 0 fully saturated rings. The van der Waals surface area contributed by atoms with Gasteiger partial charge in [0.25, 0.3) is 0 Å². The highest BCUT2D eigenvalue weighted by atomic mass is 32.1. The van der Waals surface area contributed by atoms with Crippen molar-refractivity contribution in [1.82, 2.24) is 4.98 Å². The molecule has 1 aromatic carbocycles. The van der Waals surface area contributed by atoms with Gasteiger partial charge >= 0.3 is 12.1 Å². The number of hydrogen-bond acceptors (Lipinski definition) is 7. The summed E-state index contributed by atoms with van der Waals surface area (Å²) in [5.41, 5.74) is 1.52. The quantitative estimate of drug-likeness (QED) is 0.328. The van der Waals surface area contributed by atoms with Gasteiger partial charge in [0.1, 0.15) is 11.6 Å². The highest BCUT2D eigenvalue weighted by molar-refractivity contribution is 7.13. The third-order valence-corrected chi connectivity index (χ3v) is 3.97. The highest BCUT2D eigenvalue weighted by Gasteiger charge is 2.35. The minimum atomic E-state index is -4.84. The molecule has 0 spiro atoms. The van der Waals surface area contributed by atoms with Crippen molar-refractivity contribution < 1.29 is 31.8 Å². The number of rotatable bonds is 7. The minimum Gasteiger partial charge on any atom is -0.496 e. The van der Waals surface area contributed by atoms with Gasteiger partial charge in [-0.15, -0.1) is 11.3 Å². The molecule has 1 aromatic heterocycles. The minimum absolute atomic E-state index is 0.00351. The van der Waals surface area contributed by atoms with E-state index in [-0.39, 0.29) is 24.3 Å². The van der Waals surface area contributed by atoms with Crippen LogP contribution in [0.25, 0.3) is 0 Å². The molecule has 0 aliphatic heterocycles. The summed E-state index contributed by atoms with van der Waals surface area (Å²) < 4.78 is 61.7. The molecule has 0 radical (unpaired) electrons. The predicted molar refractivity (Wildman–Crippen MR) is 91.6 cm³/mol. The lowest BCUT2D eigenvalue weighted by atomic mass is 10.1. The fourth-order valence-corrected chi connectivity index (χ4v) is 2.68. The largest absolute Gasteiger partial charge is 0.496 e. The molecule has 27 heavy (non-hydrogen) atoms.